The molecule has 1 aliphatic rings. The molecule has 1 N–H and O–H groups in total. The molecule has 3 aromatic rings. The van der Waals surface area contributed by atoms with Crippen molar-refractivity contribution in [3.63, 3.8) is 0 Å². The highest BCUT2D eigenvalue weighted by Gasteiger charge is 2.29. The Morgan fingerprint density at radius 1 is 1.29 bits per heavy atom. The summed E-state index contributed by atoms with van der Waals surface area (Å²) in [6, 6.07) is 8.42. The van der Waals surface area contributed by atoms with Crippen molar-refractivity contribution in [3.8, 4) is 10.7 Å². The molecule has 0 bridgehead atoms. The van der Waals surface area contributed by atoms with Gasteiger partial charge in [-0.15, -0.1) is 11.3 Å². The number of hydrogen-bond donors (Lipinski definition) is 1. The van der Waals surface area contributed by atoms with Gasteiger partial charge in [0, 0.05) is 44.9 Å². The van der Waals surface area contributed by atoms with E-state index in [0.717, 1.165) is 4.88 Å². The number of rotatable bonds is 6. The third-order valence-corrected chi connectivity index (χ3v) is 6.27. The van der Waals surface area contributed by atoms with Crippen LogP contribution < -0.4 is 10.2 Å². The zero-order valence-corrected chi connectivity index (χ0v) is 18.0. The Bertz CT molecular complexity index is 1080. The van der Waals surface area contributed by atoms with E-state index < -0.39 is 4.92 Å². The average molecular weight is 443 g/mol. The van der Waals surface area contributed by atoms with E-state index in [1.165, 1.54) is 13.1 Å². The SMILES string of the molecule is CNC(=O)c1ccc(N2CCN(C(C)c3nc(-c4cccs4)no3)CC2)c([N+](=O)[O-])c1. The summed E-state index contributed by atoms with van der Waals surface area (Å²) >= 11 is 1.56. The predicted molar refractivity (Wildman–Crippen MR) is 116 cm³/mol. The summed E-state index contributed by atoms with van der Waals surface area (Å²) in [6.45, 7) is 4.60. The van der Waals surface area contributed by atoms with E-state index in [4.69, 9.17) is 4.52 Å². The van der Waals surface area contributed by atoms with E-state index in [0.29, 0.717) is 43.6 Å². The van der Waals surface area contributed by atoms with Gasteiger partial charge in [0.15, 0.2) is 0 Å². The number of nitrogens with zero attached hydrogens (tertiary/aromatic N) is 5. The van der Waals surface area contributed by atoms with Crippen molar-refractivity contribution < 1.29 is 14.2 Å². The maximum atomic E-state index is 11.8. The number of carbonyl (C=O) groups excluding carboxylic acids is 1. The van der Waals surface area contributed by atoms with Crippen LogP contribution in [-0.2, 0) is 0 Å². The Morgan fingerprint density at radius 2 is 2.06 bits per heavy atom. The number of carbonyl (C=O) groups is 1. The Hall–Kier alpha value is -3.31. The second-order valence-electron chi connectivity index (χ2n) is 7.17. The van der Waals surface area contributed by atoms with E-state index in [1.54, 1.807) is 23.5 Å². The van der Waals surface area contributed by atoms with Crippen LogP contribution in [0.5, 0.6) is 0 Å². The first-order valence-electron chi connectivity index (χ1n) is 9.85. The molecule has 10 nitrogen and oxygen atoms in total. The molecule has 0 radical (unpaired) electrons. The van der Waals surface area contributed by atoms with Crippen LogP contribution in [0.15, 0.2) is 40.2 Å². The van der Waals surface area contributed by atoms with Gasteiger partial charge in [-0.25, -0.2) is 0 Å². The van der Waals surface area contributed by atoms with Crippen LogP contribution >= 0.6 is 11.3 Å². The van der Waals surface area contributed by atoms with Crippen LogP contribution in [-0.4, -0.2) is 59.1 Å². The molecule has 11 heteroatoms. The number of benzene rings is 1. The lowest BCUT2D eigenvalue weighted by Crippen LogP contribution is -2.47. The number of nitro groups is 1. The largest absolute Gasteiger partial charge is 0.363 e. The van der Waals surface area contributed by atoms with Crippen LogP contribution in [0.25, 0.3) is 10.7 Å². The maximum absolute atomic E-state index is 11.8. The zero-order valence-electron chi connectivity index (χ0n) is 17.1. The molecule has 31 heavy (non-hydrogen) atoms. The second kappa shape index (κ2) is 8.82. The van der Waals surface area contributed by atoms with Crippen molar-refractivity contribution in [2.75, 3.05) is 38.1 Å². The number of amides is 1. The summed E-state index contributed by atoms with van der Waals surface area (Å²) in [5.74, 6) is 0.787. The van der Waals surface area contributed by atoms with Crippen LogP contribution in [0.3, 0.4) is 0 Å². The molecule has 2 aromatic heterocycles. The minimum absolute atomic E-state index is 0.0611. The third-order valence-electron chi connectivity index (χ3n) is 5.40. The lowest BCUT2D eigenvalue weighted by Gasteiger charge is -2.37. The molecule has 0 saturated carbocycles. The van der Waals surface area contributed by atoms with Gasteiger partial charge < -0.3 is 14.7 Å². The van der Waals surface area contributed by atoms with Crippen molar-refractivity contribution in [1.29, 1.82) is 0 Å². The van der Waals surface area contributed by atoms with E-state index >= 15 is 0 Å². The lowest BCUT2D eigenvalue weighted by molar-refractivity contribution is -0.384. The fraction of sp³-hybridized carbons (Fsp3) is 0.350. The van der Waals surface area contributed by atoms with Crippen LogP contribution in [0.1, 0.15) is 29.2 Å². The molecule has 1 aromatic carbocycles. The lowest BCUT2D eigenvalue weighted by atomic mass is 10.1. The third kappa shape index (κ3) is 4.28. The molecule has 1 atom stereocenters. The summed E-state index contributed by atoms with van der Waals surface area (Å²) in [6.07, 6.45) is 0. The normalized spacial score (nSPS) is 15.6. The molecule has 1 fully saturated rings. The molecular formula is C20H22N6O4S. The summed E-state index contributed by atoms with van der Waals surface area (Å²) in [5.41, 5.74) is 0.714. The minimum Gasteiger partial charge on any atom is -0.363 e. The van der Waals surface area contributed by atoms with Crippen molar-refractivity contribution in [2.45, 2.75) is 13.0 Å². The van der Waals surface area contributed by atoms with Gasteiger partial charge in [0.1, 0.15) is 5.69 Å². The topological polar surface area (TPSA) is 118 Å². The molecule has 1 amide bonds. The molecule has 0 spiro atoms. The van der Waals surface area contributed by atoms with Gasteiger partial charge >= 0.3 is 0 Å². The fourth-order valence-electron chi connectivity index (χ4n) is 3.64. The molecule has 1 saturated heterocycles. The Morgan fingerprint density at radius 3 is 2.71 bits per heavy atom. The molecule has 162 valence electrons. The van der Waals surface area contributed by atoms with Gasteiger partial charge in [-0.3, -0.25) is 19.8 Å². The number of nitrogens with one attached hydrogen (secondary N) is 1. The van der Waals surface area contributed by atoms with E-state index in [-0.39, 0.29) is 23.2 Å². The van der Waals surface area contributed by atoms with Crippen LogP contribution in [0.4, 0.5) is 11.4 Å². The predicted octanol–water partition coefficient (Wildman–Crippen LogP) is 2.95. The highest BCUT2D eigenvalue weighted by Crippen LogP contribution is 2.32. The zero-order chi connectivity index (χ0) is 22.0. The average Bonchev–Trinajstić information content (AvgIpc) is 3.50. The molecule has 3 heterocycles. The summed E-state index contributed by atoms with van der Waals surface area (Å²) in [4.78, 5) is 32.7. The summed E-state index contributed by atoms with van der Waals surface area (Å²) < 4.78 is 5.47. The number of thiophene rings is 1. The van der Waals surface area contributed by atoms with Crippen molar-refractivity contribution in [3.05, 3.63) is 57.3 Å². The first-order chi connectivity index (χ1) is 15.0. The summed E-state index contributed by atoms with van der Waals surface area (Å²) in [7, 11) is 1.50. The number of hydrogen-bond acceptors (Lipinski definition) is 9. The smallest absolute Gasteiger partial charge is 0.293 e. The quantitative estimate of drug-likeness (QED) is 0.457. The molecule has 1 unspecified atom stereocenters. The van der Waals surface area contributed by atoms with Crippen LogP contribution in [0, 0.1) is 10.1 Å². The van der Waals surface area contributed by atoms with Crippen molar-refractivity contribution in [1.82, 2.24) is 20.4 Å². The van der Waals surface area contributed by atoms with Gasteiger partial charge in [-0.05, 0) is 30.5 Å². The number of piperazine rings is 1. The first-order valence-corrected chi connectivity index (χ1v) is 10.7. The fourth-order valence-corrected chi connectivity index (χ4v) is 4.29. The molecule has 4 rings (SSSR count). The van der Waals surface area contributed by atoms with Gasteiger partial charge in [0.05, 0.1) is 15.8 Å². The highest BCUT2D eigenvalue weighted by molar-refractivity contribution is 7.13. The standard InChI is InChI=1S/C20H22N6O4S/c1-13(20-22-18(23-30-20)17-4-3-11-31-17)24-7-9-25(10-8-24)15-6-5-14(19(27)21-2)12-16(15)26(28)29/h3-6,11-13H,7-10H2,1-2H3,(H,21,27). The highest BCUT2D eigenvalue weighted by atomic mass is 32.1. The maximum Gasteiger partial charge on any atom is 0.293 e. The van der Waals surface area contributed by atoms with Crippen molar-refractivity contribution in [2.24, 2.45) is 0 Å². The summed E-state index contributed by atoms with van der Waals surface area (Å²) in [5, 5.41) is 20.1. The second-order valence-corrected chi connectivity index (χ2v) is 8.12. The Labute approximate surface area is 182 Å². The molecule has 0 aliphatic carbocycles. The molecular weight excluding hydrogens is 420 g/mol. The molecule has 1 aliphatic heterocycles. The van der Waals surface area contributed by atoms with Gasteiger partial charge in [-0.2, -0.15) is 4.98 Å². The minimum atomic E-state index is -0.443. The van der Waals surface area contributed by atoms with Gasteiger partial charge in [-0.1, -0.05) is 11.2 Å². The van der Waals surface area contributed by atoms with Gasteiger partial charge in [0.2, 0.25) is 11.7 Å². The monoisotopic (exact) mass is 442 g/mol. The Kier molecular flexibility index (Phi) is 5.96. The number of anilines is 1. The van der Waals surface area contributed by atoms with E-state index in [9.17, 15) is 14.9 Å². The van der Waals surface area contributed by atoms with Crippen LogP contribution in [0.2, 0.25) is 0 Å². The number of nitro benzene ring substituents is 1. The Balaban J connectivity index is 1.45. The van der Waals surface area contributed by atoms with Crippen molar-refractivity contribution >= 4 is 28.6 Å². The first kappa shape index (κ1) is 20.9. The number of aromatic nitrogens is 2. The van der Waals surface area contributed by atoms with Gasteiger partial charge in [0.25, 0.3) is 11.6 Å². The van der Waals surface area contributed by atoms with E-state index in [1.807, 2.05) is 29.3 Å². The van der Waals surface area contributed by atoms with E-state index in [2.05, 4.69) is 20.4 Å².